The van der Waals surface area contributed by atoms with Crippen LogP contribution in [0.5, 0.6) is 0 Å². The number of benzene rings is 1. The molecule has 1 heterocycles. The van der Waals surface area contributed by atoms with E-state index in [0.717, 1.165) is 44.2 Å². The first-order valence-corrected chi connectivity index (χ1v) is 10.4. The van der Waals surface area contributed by atoms with Crippen LogP contribution in [0.4, 0.5) is 23.0 Å². The lowest BCUT2D eigenvalue weighted by atomic mass is 9.97. The normalized spacial score (nSPS) is 13.6. The van der Waals surface area contributed by atoms with E-state index < -0.39 is 4.92 Å². The molecule has 29 heavy (non-hydrogen) atoms. The number of aryl methyl sites for hydroxylation is 1. The lowest BCUT2D eigenvalue weighted by Crippen LogP contribution is -2.10. The predicted molar refractivity (Wildman–Crippen MR) is 117 cm³/mol. The minimum Gasteiger partial charge on any atom is -0.364 e. The number of nitrogens with one attached hydrogen (secondary N) is 2. The first-order chi connectivity index (χ1) is 14.2. The summed E-state index contributed by atoms with van der Waals surface area (Å²) in [5.74, 6) is 0.453. The van der Waals surface area contributed by atoms with E-state index in [1.165, 1.54) is 30.3 Å². The van der Waals surface area contributed by atoms with Crippen LogP contribution in [-0.4, -0.2) is 21.4 Å². The van der Waals surface area contributed by atoms with Gasteiger partial charge in [0.1, 0.15) is 6.33 Å². The Kier molecular flexibility index (Phi) is 7.55. The van der Waals surface area contributed by atoms with Gasteiger partial charge in [-0.3, -0.25) is 10.1 Å². The third-order valence-electron chi connectivity index (χ3n) is 5.16. The summed E-state index contributed by atoms with van der Waals surface area (Å²) < 4.78 is 0. The maximum Gasteiger partial charge on any atom is 0.353 e. The molecule has 3 rings (SSSR count). The van der Waals surface area contributed by atoms with Crippen LogP contribution in [0, 0.1) is 10.1 Å². The van der Waals surface area contributed by atoms with Crippen molar-refractivity contribution in [2.75, 3.05) is 17.2 Å². The highest BCUT2D eigenvalue weighted by Gasteiger charge is 2.23. The highest BCUT2D eigenvalue weighted by Crippen LogP contribution is 2.31. The zero-order chi connectivity index (χ0) is 20.5. The Bertz CT molecular complexity index is 849. The van der Waals surface area contributed by atoms with Gasteiger partial charge in [0.15, 0.2) is 0 Å². The van der Waals surface area contributed by atoms with Crippen molar-refractivity contribution in [3.63, 3.8) is 0 Å². The van der Waals surface area contributed by atoms with E-state index in [-0.39, 0.29) is 17.3 Å². The predicted octanol–water partition coefficient (Wildman–Crippen LogP) is 5.77. The molecule has 1 aromatic heterocycles. The summed E-state index contributed by atoms with van der Waals surface area (Å²) in [5, 5.41) is 17.9. The molecule has 0 radical (unpaired) electrons. The van der Waals surface area contributed by atoms with E-state index >= 15 is 0 Å². The van der Waals surface area contributed by atoms with Gasteiger partial charge in [0, 0.05) is 12.2 Å². The molecule has 0 unspecified atom stereocenters. The molecule has 2 N–H and O–H groups in total. The molecule has 0 saturated carbocycles. The number of hydrogen-bond donors (Lipinski definition) is 2. The van der Waals surface area contributed by atoms with Crippen molar-refractivity contribution >= 4 is 23.0 Å². The summed E-state index contributed by atoms with van der Waals surface area (Å²) >= 11 is 0. The van der Waals surface area contributed by atoms with Gasteiger partial charge < -0.3 is 10.6 Å². The molecule has 0 bridgehead atoms. The Labute approximate surface area is 171 Å². The average Bonchev–Trinajstić information content (AvgIpc) is 2.74. The van der Waals surface area contributed by atoms with Gasteiger partial charge in [-0.05, 0) is 62.6 Å². The number of allylic oxidation sites excluding steroid dienone is 1. The van der Waals surface area contributed by atoms with E-state index in [2.05, 4.69) is 33.6 Å². The monoisotopic (exact) mass is 395 g/mol. The van der Waals surface area contributed by atoms with Crippen LogP contribution in [0.2, 0.25) is 0 Å². The third-order valence-corrected chi connectivity index (χ3v) is 5.16. The minimum absolute atomic E-state index is 0.125. The first kappa shape index (κ1) is 20.8. The van der Waals surface area contributed by atoms with Crippen molar-refractivity contribution in [1.82, 2.24) is 9.97 Å². The fraction of sp³-hybridized carbons (Fsp3) is 0.455. The second kappa shape index (κ2) is 10.5. The van der Waals surface area contributed by atoms with Crippen molar-refractivity contribution in [1.29, 1.82) is 0 Å². The largest absolute Gasteiger partial charge is 0.364 e. The van der Waals surface area contributed by atoms with Crippen molar-refractivity contribution < 1.29 is 4.92 Å². The lowest BCUT2D eigenvalue weighted by Gasteiger charge is -2.14. The van der Waals surface area contributed by atoms with Crippen LogP contribution in [0.15, 0.2) is 42.2 Å². The second-order valence-electron chi connectivity index (χ2n) is 7.39. The summed E-state index contributed by atoms with van der Waals surface area (Å²) in [6, 6.07) is 7.95. The minimum atomic E-state index is -0.430. The summed E-state index contributed by atoms with van der Waals surface area (Å²) in [6.07, 6.45) is 12.6. The molecule has 0 amide bonds. The van der Waals surface area contributed by atoms with Gasteiger partial charge >= 0.3 is 5.69 Å². The fourth-order valence-electron chi connectivity index (χ4n) is 3.52. The van der Waals surface area contributed by atoms with Crippen LogP contribution >= 0.6 is 0 Å². The molecule has 0 saturated heterocycles. The van der Waals surface area contributed by atoms with E-state index in [1.54, 1.807) is 0 Å². The first-order valence-electron chi connectivity index (χ1n) is 10.4. The maximum absolute atomic E-state index is 11.7. The molecular weight excluding hydrogens is 366 g/mol. The number of nitrogens with zero attached hydrogens (tertiary/aromatic N) is 3. The van der Waals surface area contributed by atoms with Gasteiger partial charge in [-0.15, -0.1) is 0 Å². The molecule has 7 nitrogen and oxygen atoms in total. The quantitative estimate of drug-likeness (QED) is 0.301. The molecule has 2 aromatic rings. The van der Waals surface area contributed by atoms with Crippen molar-refractivity contribution in [3.8, 4) is 0 Å². The van der Waals surface area contributed by atoms with Gasteiger partial charge in [-0.25, -0.2) is 9.97 Å². The third kappa shape index (κ3) is 6.01. The lowest BCUT2D eigenvalue weighted by molar-refractivity contribution is -0.383. The Morgan fingerprint density at radius 2 is 1.90 bits per heavy atom. The maximum atomic E-state index is 11.7. The van der Waals surface area contributed by atoms with Crippen molar-refractivity contribution in [3.05, 3.63) is 57.9 Å². The van der Waals surface area contributed by atoms with Crippen molar-refractivity contribution in [2.24, 2.45) is 0 Å². The number of aromatic nitrogens is 2. The number of anilines is 3. The Hall–Kier alpha value is -2.96. The Morgan fingerprint density at radius 3 is 2.59 bits per heavy atom. The van der Waals surface area contributed by atoms with Gasteiger partial charge in [-0.1, -0.05) is 37.1 Å². The Balaban J connectivity index is 1.69. The summed E-state index contributed by atoms with van der Waals surface area (Å²) in [5.41, 5.74) is 3.32. The molecule has 1 aliphatic rings. The zero-order valence-corrected chi connectivity index (χ0v) is 17.0. The molecule has 0 atom stereocenters. The van der Waals surface area contributed by atoms with Crippen LogP contribution in [0.1, 0.15) is 57.4 Å². The topological polar surface area (TPSA) is 93.0 Å². The van der Waals surface area contributed by atoms with Gasteiger partial charge in [0.2, 0.25) is 11.6 Å². The van der Waals surface area contributed by atoms with Crippen LogP contribution in [0.25, 0.3) is 0 Å². The fourth-order valence-corrected chi connectivity index (χ4v) is 3.52. The number of rotatable bonds is 10. The number of nitro groups is 1. The molecule has 1 aliphatic carbocycles. The van der Waals surface area contributed by atoms with Gasteiger partial charge in [0.05, 0.1) is 4.92 Å². The molecule has 0 aliphatic heterocycles. The Morgan fingerprint density at radius 1 is 1.10 bits per heavy atom. The van der Waals surface area contributed by atoms with Crippen LogP contribution in [-0.2, 0) is 6.42 Å². The van der Waals surface area contributed by atoms with Gasteiger partial charge in [-0.2, -0.15) is 0 Å². The highest BCUT2D eigenvalue weighted by molar-refractivity contribution is 5.73. The molecule has 1 aromatic carbocycles. The summed E-state index contributed by atoms with van der Waals surface area (Å²) in [6.45, 7) is 2.79. The van der Waals surface area contributed by atoms with E-state index in [1.807, 2.05) is 24.3 Å². The number of hydrogen-bond acceptors (Lipinski definition) is 6. The average molecular weight is 396 g/mol. The van der Waals surface area contributed by atoms with E-state index in [4.69, 9.17) is 0 Å². The standard InChI is InChI=1S/C22H29N5O2/c1-2-3-7-18-10-12-19(13-11-18)26-22-20(27(28)29)21(24-16-25-22)23-15-14-17-8-5-4-6-9-17/h8,10-13,16H,2-7,9,14-15H2,1H3,(H2,23,24,25,26). The molecular formula is C22H29N5O2. The van der Waals surface area contributed by atoms with Crippen molar-refractivity contribution in [2.45, 2.75) is 58.3 Å². The SMILES string of the molecule is CCCCc1ccc(Nc2ncnc(NCCC3=CCCCC3)c2[N+](=O)[O-])cc1. The van der Waals surface area contributed by atoms with Gasteiger partial charge in [0.25, 0.3) is 0 Å². The zero-order valence-electron chi connectivity index (χ0n) is 17.0. The second-order valence-corrected chi connectivity index (χ2v) is 7.39. The van der Waals surface area contributed by atoms with Crippen LogP contribution < -0.4 is 10.6 Å². The molecule has 0 spiro atoms. The number of unbranched alkanes of at least 4 members (excludes halogenated alkanes) is 1. The van der Waals surface area contributed by atoms with E-state index in [0.29, 0.717) is 6.54 Å². The molecule has 0 fully saturated rings. The molecule has 154 valence electrons. The summed E-state index contributed by atoms with van der Waals surface area (Å²) in [7, 11) is 0. The highest BCUT2D eigenvalue weighted by atomic mass is 16.6. The van der Waals surface area contributed by atoms with E-state index in [9.17, 15) is 10.1 Å². The van der Waals surface area contributed by atoms with Crippen LogP contribution in [0.3, 0.4) is 0 Å². The molecule has 7 heteroatoms. The smallest absolute Gasteiger partial charge is 0.353 e. The summed E-state index contributed by atoms with van der Waals surface area (Å²) in [4.78, 5) is 19.5.